The van der Waals surface area contributed by atoms with Gasteiger partial charge in [0, 0.05) is 0 Å². The maximum absolute atomic E-state index is 5.67. The van der Waals surface area contributed by atoms with Gasteiger partial charge in [0.2, 0.25) is 0 Å². The summed E-state index contributed by atoms with van der Waals surface area (Å²) < 4.78 is 0. The Labute approximate surface area is 104 Å². The first kappa shape index (κ1) is 17.6. The predicted octanol–water partition coefficient (Wildman–Crippen LogP) is 4.11. The molecule has 4 N–H and O–H groups in total. The standard InChI is InChI=1S/C9H19N.2ClH.H2N.Pt/c1-7-4-8(6-10)9(2,3)5-7;;;;/h7-8H,4-6,10H2,1-3H3;2*1H;1H2;/q;;;-1;+2/p-2/t7-,8-;;;;/m0..../s1. The molecule has 1 fully saturated rings. The van der Waals surface area contributed by atoms with E-state index < -0.39 is 16.5 Å². The first-order chi connectivity index (χ1) is 5.97. The van der Waals surface area contributed by atoms with Gasteiger partial charge in [0.15, 0.2) is 0 Å². The molecule has 2 atom stereocenters. The zero-order valence-corrected chi connectivity index (χ0v) is 12.8. The van der Waals surface area contributed by atoms with Crippen LogP contribution in [0.4, 0.5) is 0 Å². The van der Waals surface area contributed by atoms with Crippen molar-refractivity contribution in [2.45, 2.75) is 33.6 Å². The Hall–Kier alpha value is 1.19. The summed E-state index contributed by atoms with van der Waals surface area (Å²) in [5, 5.41) is 0. The van der Waals surface area contributed by atoms with E-state index in [0.717, 1.165) is 18.4 Å². The Morgan fingerprint density at radius 1 is 1.43 bits per heavy atom. The fourth-order valence-electron chi connectivity index (χ4n) is 2.37. The van der Waals surface area contributed by atoms with Crippen LogP contribution in [-0.2, 0) is 16.5 Å². The van der Waals surface area contributed by atoms with E-state index in [1.54, 1.807) is 0 Å². The predicted molar refractivity (Wildman–Crippen MR) is 61.7 cm³/mol. The van der Waals surface area contributed by atoms with Crippen LogP contribution in [-0.4, -0.2) is 6.54 Å². The second-order valence-electron chi connectivity index (χ2n) is 4.51. The molecule has 0 unspecified atom stereocenters. The summed E-state index contributed by atoms with van der Waals surface area (Å²) in [7, 11) is 9.75. The Morgan fingerprint density at radius 2 is 1.86 bits per heavy atom. The maximum atomic E-state index is 5.67. The van der Waals surface area contributed by atoms with Gasteiger partial charge >= 0.3 is 35.3 Å². The fourth-order valence-corrected chi connectivity index (χ4v) is 2.37. The topological polar surface area (TPSA) is 59.5 Å². The van der Waals surface area contributed by atoms with E-state index >= 15 is 0 Å². The van der Waals surface area contributed by atoms with Crippen LogP contribution in [0, 0.1) is 17.3 Å². The molecule has 0 aromatic heterocycles. The second-order valence-corrected chi connectivity index (χ2v) is 7.79. The number of hydrogen-bond acceptors (Lipinski definition) is 1. The van der Waals surface area contributed by atoms with Gasteiger partial charge in [-0.3, -0.25) is 0 Å². The van der Waals surface area contributed by atoms with E-state index in [0.29, 0.717) is 5.41 Å². The fraction of sp³-hybridized carbons (Fsp3) is 1.00. The average Bonchev–Trinajstić information content (AvgIpc) is 2.25. The monoisotopic (exact) mass is 422 g/mol. The zero-order chi connectivity index (χ0) is 10.5. The summed E-state index contributed by atoms with van der Waals surface area (Å²) in [6, 6.07) is 0. The SMILES string of the molecule is C[C@H]1C[C@@H](CN)C(C)(C)C1.[Cl][Pt][Cl].[NH2-]. The molecule has 5 heteroatoms. The number of hydrogen-bond donors (Lipinski definition) is 1. The van der Waals surface area contributed by atoms with Crippen molar-refractivity contribution in [3.8, 4) is 0 Å². The zero-order valence-electron chi connectivity index (χ0n) is 9.00. The Morgan fingerprint density at radius 3 is 2.00 bits per heavy atom. The summed E-state index contributed by atoms with van der Waals surface area (Å²) in [5.41, 5.74) is 6.18. The van der Waals surface area contributed by atoms with Crippen LogP contribution in [0.2, 0.25) is 0 Å². The Kier molecular flexibility index (Phi) is 10.5. The maximum Gasteiger partial charge on any atom is -0.693 e. The van der Waals surface area contributed by atoms with Crippen molar-refractivity contribution in [1.29, 1.82) is 0 Å². The Balaban J connectivity index is 0. The van der Waals surface area contributed by atoms with Crippen LogP contribution in [0.3, 0.4) is 0 Å². The Bertz CT molecular complexity index is 145. The summed E-state index contributed by atoms with van der Waals surface area (Å²) >= 11 is -0.472. The van der Waals surface area contributed by atoms with Crippen LogP contribution >= 0.6 is 18.8 Å². The van der Waals surface area contributed by atoms with Gasteiger partial charge in [-0.25, -0.2) is 0 Å². The van der Waals surface area contributed by atoms with Gasteiger partial charge in [-0.15, -0.1) is 0 Å². The summed E-state index contributed by atoms with van der Waals surface area (Å²) in [5.74, 6) is 1.66. The summed E-state index contributed by atoms with van der Waals surface area (Å²) in [4.78, 5) is 0. The molecule has 1 aliphatic rings. The van der Waals surface area contributed by atoms with E-state index in [4.69, 9.17) is 24.6 Å². The molecule has 0 aromatic carbocycles. The largest absolute Gasteiger partial charge is 0.693 e. The van der Waals surface area contributed by atoms with Crippen LogP contribution in [0.15, 0.2) is 0 Å². The van der Waals surface area contributed by atoms with E-state index in [9.17, 15) is 0 Å². The average molecular weight is 423 g/mol. The smallest absolute Gasteiger partial charge is 0.693 e. The molecular formula is C9H21Cl2N2Pt-. The molecule has 1 rings (SSSR count). The van der Waals surface area contributed by atoms with Crippen molar-refractivity contribution in [3.63, 3.8) is 0 Å². The van der Waals surface area contributed by atoms with E-state index in [-0.39, 0.29) is 6.15 Å². The first-order valence-electron chi connectivity index (χ1n) is 4.50. The molecular weight excluding hydrogens is 402 g/mol. The molecule has 0 aliphatic heterocycles. The van der Waals surface area contributed by atoms with Gasteiger partial charge in [-0.05, 0) is 36.6 Å². The molecule has 1 saturated carbocycles. The van der Waals surface area contributed by atoms with E-state index in [1.165, 1.54) is 12.8 Å². The number of halogens is 2. The van der Waals surface area contributed by atoms with Gasteiger partial charge in [0.1, 0.15) is 0 Å². The van der Waals surface area contributed by atoms with Crippen molar-refractivity contribution in [2.75, 3.05) is 6.54 Å². The summed E-state index contributed by atoms with van der Waals surface area (Å²) in [6.07, 6.45) is 2.69. The molecule has 2 nitrogen and oxygen atoms in total. The molecule has 92 valence electrons. The quantitative estimate of drug-likeness (QED) is 0.678. The minimum absolute atomic E-state index is 0. The molecule has 0 heterocycles. The van der Waals surface area contributed by atoms with Crippen molar-refractivity contribution in [1.82, 2.24) is 0 Å². The van der Waals surface area contributed by atoms with Gasteiger partial charge in [-0.1, -0.05) is 20.8 Å². The van der Waals surface area contributed by atoms with Crippen LogP contribution in [0.1, 0.15) is 33.6 Å². The van der Waals surface area contributed by atoms with Gasteiger partial charge < -0.3 is 11.9 Å². The van der Waals surface area contributed by atoms with Gasteiger partial charge in [-0.2, -0.15) is 0 Å². The van der Waals surface area contributed by atoms with E-state index in [1.807, 2.05) is 0 Å². The molecule has 0 aromatic rings. The molecule has 0 radical (unpaired) electrons. The minimum Gasteiger partial charge on any atom is -0.693 e. The minimum atomic E-state index is -0.472. The van der Waals surface area contributed by atoms with Gasteiger partial charge in [0.05, 0.1) is 0 Å². The van der Waals surface area contributed by atoms with Crippen molar-refractivity contribution < 1.29 is 16.5 Å². The van der Waals surface area contributed by atoms with Crippen LogP contribution in [0.5, 0.6) is 0 Å². The summed E-state index contributed by atoms with van der Waals surface area (Å²) in [6.45, 7) is 7.89. The number of rotatable bonds is 1. The molecule has 0 saturated heterocycles. The van der Waals surface area contributed by atoms with Crippen molar-refractivity contribution >= 4 is 18.8 Å². The molecule has 0 spiro atoms. The first-order valence-corrected chi connectivity index (χ1v) is 10.1. The second kappa shape index (κ2) is 8.35. The van der Waals surface area contributed by atoms with Crippen molar-refractivity contribution in [3.05, 3.63) is 6.15 Å². The third kappa shape index (κ3) is 5.92. The molecule has 0 amide bonds. The third-order valence-electron chi connectivity index (χ3n) is 2.95. The van der Waals surface area contributed by atoms with Gasteiger partial charge in [0.25, 0.3) is 0 Å². The van der Waals surface area contributed by atoms with Crippen molar-refractivity contribution in [2.24, 2.45) is 23.0 Å². The molecule has 1 aliphatic carbocycles. The van der Waals surface area contributed by atoms with Crippen LogP contribution in [0.25, 0.3) is 6.15 Å². The number of nitrogens with two attached hydrogens (primary N) is 2. The van der Waals surface area contributed by atoms with Crippen LogP contribution < -0.4 is 5.73 Å². The van der Waals surface area contributed by atoms with E-state index in [2.05, 4.69) is 20.8 Å². The third-order valence-corrected chi connectivity index (χ3v) is 2.95. The molecule has 14 heavy (non-hydrogen) atoms. The normalized spacial score (nSPS) is 29.0. The molecule has 0 bridgehead atoms.